The molecule has 8 nitrogen and oxygen atoms in total. The summed E-state index contributed by atoms with van der Waals surface area (Å²) in [6.07, 6.45) is 1.41. The van der Waals surface area contributed by atoms with Crippen LogP contribution in [0.15, 0.2) is 48.5 Å². The summed E-state index contributed by atoms with van der Waals surface area (Å²) in [4.78, 5) is 26.8. The Balaban J connectivity index is 2.19. The molecule has 0 unspecified atom stereocenters. The molecule has 33 heavy (non-hydrogen) atoms. The van der Waals surface area contributed by atoms with Gasteiger partial charge in [0.2, 0.25) is 21.8 Å². The Morgan fingerprint density at radius 3 is 2.36 bits per heavy atom. The van der Waals surface area contributed by atoms with Crippen molar-refractivity contribution in [2.24, 2.45) is 0 Å². The first kappa shape index (κ1) is 26.5. The third-order valence-corrected chi connectivity index (χ3v) is 6.77. The van der Waals surface area contributed by atoms with Gasteiger partial charge in [-0.05, 0) is 37.1 Å². The van der Waals surface area contributed by atoms with Gasteiger partial charge in [-0.2, -0.15) is 0 Å². The number of halogens is 1. The van der Waals surface area contributed by atoms with E-state index in [9.17, 15) is 18.0 Å². The molecule has 0 aliphatic rings. The lowest BCUT2D eigenvalue weighted by Gasteiger charge is -2.29. The number of para-hydroxylation sites is 2. The second kappa shape index (κ2) is 11.9. The van der Waals surface area contributed by atoms with Crippen LogP contribution in [0.4, 0.5) is 5.69 Å². The van der Waals surface area contributed by atoms with Crippen molar-refractivity contribution < 1.29 is 22.7 Å². The van der Waals surface area contributed by atoms with E-state index < -0.39 is 16.1 Å². The maximum atomic E-state index is 13.1. The van der Waals surface area contributed by atoms with Crippen LogP contribution in [0, 0.1) is 0 Å². The summed E-state index contributed by atoms with van der Waals surface area (Å²) in [7, 11) is -0.634. The first-order valence-electron chi connectivity index (χ1n) is 10.4. The summed E-state index contributed by atoms with van der Waals surface area (Å²) in [5.74, 6) is -0.162. The molecule has 180 valence electrons. The highest BCUT2D eigenvalue weighted by atomic mass is 35.5. The molecule has 1 atom stereocenters. The van der Waals surface area contributed by atoms with Gasteiger partial charge in [-0.25, -0.2) is 8.42 Å². The molecule has 2 aromatic carbocycles. The number of nitrogens with one attached hydrogen (secondary N) is 1. The third kappa shape index (κ3) is 7.10. The van der Waals surface area contributed by atoms with Crippen molar-refractivity contribution >= 4 is 39.1 Å². The van der Waals surface area contributed by atoms with E-state index in [0.29, 0.717) is 16.5 Å². The monoisotopic (exact) mass is 495 g/mol. The summed E-state index contributed by atoms with van der Waals surface area (Å²) in [6, 6.07) is 13.2. The minimum atomic E-state index is -3.61. The Morgan fingerprint density at radius 1 is 1.12 bits per heavy atom. The van der Waals surface area contributed by atoms with Gasteiger partial charge in [-0.15, -0.1) is 0 Å². The molecule has 2 amide bonds. The zero-order valence-electron chi connectivity index (χ0n) is 19.2. The van der Waals surface area contributed by atoms with E-state index in [-0.39, 0.29) is 37.7 Å². The van der Waals surface area contributed by atoms with E-state index in [2.05, 4.69) is 5.32 Å². The lowest BCUT2D eigenvalue weighted by Crippen LogP contribution is -2.46. The van der Waals surface area contributed by atoms with Crippen molar-refractivity contribution in [3.05, 3.63) is 59.1 Å². The van der Waals surface area contributed by atoms with Crippen LogP contribution in [-0.4, -0.2) is 58.1 Å². The van der Waals surface area contributed by atoms with Crippen LogP contribution in [0.5, 0.6) is 5.75 Å². The fourth-order valence-electron chi connectivity index (χ4n) is 3.42. The molecule has 0 spiro atoms. The van der Waals surface area contributed by atoms with Crippen molar-refractivity contribution in [3.63, 3.8) is 0 Å². The number of nitrogens with zero attached hydrogens (tertiary/aromatic N) is 2. The Labute approximate surface area is 200 Å². The van der Waals surface area contributed by atoms with Crippen molar-refractivity contribution in [1.82, 2.24) is 10.2 Å². The molecule has 0 aliphatic heterocycles. The number of likely N-dealkylation sites (N-methyl/N-ethyl adjacent to an activating group) is 1. The quantitative estimate of drug-likeness (QED) is 0.517. The standard InChI is InChI=1S/C23H30ClN3O5S/c1-17(23(29)25-2)26(16-18-10-5-6-11-19(18)24)22(28)14-9-15-27(33(4,30)31)20-12-7-8-13-21(20)32-3/h5-8,10-13,17H,9,14-16H2,1-4H3,(H,25,29)/t17-/m1/s1. The second-order valence-corrected chi connectivity index (χ2v) is 9.83. The smallest absolute Gasteiger partial charge is 0.242 e. The molecule has 2 rings (SSSR count). The van der Waals surface area contributed by atoms with Crippen LogP contribution in [0.3, 0.4) is 0 Å². The number of hydrogen-bond donors (Lipinski definition) is 1. The fraction of sp³-hybridized carbons (Fsp3) is 0.391. The summed E-state index contributed by atoms with van der Waals surface area (Å²) in [5, 5.41) is 3.06. The van der Waals surface area contributed by atoms with E-state index >= 15 is 0 Å². The minimum absolute atomic E-state index is 0.0486. The van der Waals surface area contributed by atoms with Crippen molar-refractivity contribution in [2.75, 3.05) is 31.3 Å². The highest BCUT2D eigenvalue weighted by Crippen LogP contribution is 2.30. The first-order chi connectivity index (χ1) is 15.6. The van der Waals surface area contributed by atoms with Gasteiger partial charge in [0.1, 0.15) is 11.8 Å². The van der Waals surface area contributed by atoms with Crippen LogP contribution in [0.1, 0.15) is 25.3 Å². The van der Waals surface area contributed by atoms with Gasteiger partial charge in [-0.1, -0.05) is 41.9 Å². The molecule has 0 saturated heterocycles. The van der Waals surface area contributed by atoms with Crippen LogP contribution in [-0.2, 0) is 26.2 Å². The molecule has 0 heterocycles. The third-order valence-electron chi connectivity index (χ3n) is 5.22. The van der Waals surface area contributed by atoms with E-state index in [1.807, 2.05) is 6.07 Å². The van der Waals surface area contributed by atoms with Crippen LogP contribution >= 0.6 is 11.6 Å². The minimum Gasteiger partial charge on any atom is -0.495 e. The second-order valence-electron chi connectivity index (χ2n) is 7.51. The van der Waals surface area contributed by atoms with Crippen molar-refractivity contribution in [3.8, 4) is 5.75 Å². The topological polar surface area (TPSA) is 96.0 Å². The Bertz CT molecular complexity index is 1080. The number of carbonyl (C=O) groups excluding carboxylic acids is 2. The van der Waals surface area contributed by atoms with Gasteiger partial charge in [0.15, 0.2) is 0 Å². The number of amides is 2. The number of sulfonamides is 1. The zero-order valence-corrected chi connectivity index (χ0v) is 20.8. The predicted octanol–water partition coefficient (Wildman–Crippen LogP) is 3.06. The summed E-state index contributed by atoms with van der Waals surface area (Å²) < 4.78 is 31.4. The van der Waals surface area contributed by atoms with Crippen LogP contribution < -0.4 is 14.4 Å². The van der Waals surface area contributed by atoms with Gasteiger partial charge in [0.25, 0.3) is 0 Å². The number of benzene rings is 2. The summed E-state index contributed by atoms with van der Waals surface area (Å²) in [6.45, 7) is 1.89. The average molecular weight is 496 g/mol. The molecule has 0 radical (unpaired) electrons. The molecular formula is C23H30ClN3O5S. The Kier molecular flexibility index (Phi) is 9.55. The highest BCUT2D eigenvalue weighted by molar-refractivity contribution is 7.92. The van der Waals surface area contributed by atoms with Gasteiger partial charge in [0.05, 0.1) is 19.1 Å². The first-order valence-corrected chi connectivity index (χ1v) is 12.7. The molecule has 10 heteroatoms. The molecule has 2 aromatic rings. The molecule has 0 bridgehead atoms. The maximum Gasteiger partial charge on any atom is 0.242 e. The lowest BCUT2D eigenvalue weighted by atomic mass is 10.1. The van der Waals surface area contributed by atoms with Crippen molar-refractivity contribution in [2.45, 2.75) is 32.4 Å². The van der Waals surface area contributed by atoms with Gasteiger partial charge in [0, 0.05) is 31.6 Å². The van der Waals surface area contributed by atoms with Crippen LogP contribution in [0.25, 0.3) is 0 Å². The lowest BCUT2D eigenvalue weighted by molar-refractivity contribution is -0.140. The van der Waals surface area contributed by atoms with Gasteiger partial charge in [-0.3, -0.25) is 13.9 Å². The molecule has 0 aromatic heterocycles. The number of methoxy groups -OCH3 is 1. The zero-order chi connectivity index (χ0) is 24.6. The van der Waals surface area contributed by atoms with E-state index in [1.54, 1.807) is 49.4 Å². The number of ether oxygens (including phenoxy) is 1. The number of anilines is 1. The van der Waals surface area contributed by atoms with Gasteiger partial charge >= 0.3 is 0 Å². The maximum absolute atomic E-state index is 13.1. The number of carbonyl (C=O) groups is 2. The van der Waals surface area contributed by atoms with Gasteiger partial charge < -0.3 is 15.0 Å². The molecule has 1 N–H and O–H groups in total. The normalized spacial score (nSPS) is 12.0. The Hall–Kier alpha value is -2.78. The largest absolute Gasteiger partial charge is 0.495 e. The summed E-state index contributed by atoms with van der Waals surface area (Å²) >= 11 is 6.26. The molecule has 0 fully saturated rings. The van der Waals surface area contributed by atoms with E-state index in [4.69, 9.17) is 16.3 Å². The predicted molar refractivity (Wildman–Crippen MR) is 130 cm³/mol. The molecule has 0 aliphatic carbocycles. The highest BCUT2D eigenvalue weighted by Gasteiger charge is 2.27. The van der Waals surface area contributed by atoms with Crippen molar-refractivity contribution in [1.29, 1.82) is 0 Å². The van der Waals surface area contributed by atoms with E-state index in [0.717, 1.165) is 11.8 Å². The number of hydrogen-bond acceptors (Lipinski definition) is 5. The van der Waals surface area contributed by atoms with E-state index in [1.165, 1.54) is 23.4 Å². The fourth-order valence-corrected chi connectivity index (χ4v) is 4.58. The van der Waals surface area contributed by atoms with Crippen LogP contribution in [0.2, 0.25) is 5.02 Å². The number of rotatable bonds is 11. The Morgan fingerprint density at radius 2 is 1.76 bits per heavy atom. The SMILES string of the molecule is CNC(=O)[C@@H](C)N(Cc1ccccc1Cl)C(=O)CCCN(c1ccccc1OC)S(C)(=O)=O. The summed E-state index contributed by atoms with van der Waals surface area (Å²) in [5.41, 5.74) is 1.12. The average Bonchev–Trinajstić information content (AvgIpc) is 2.79. The molecule has 0 saturated carbocycles. The molecular weight excluding hydrogens is 466 g/mol.